The summed E-state index contributed by atoms with van der Waals surface area (Å²) in [5.74, 6) is -0.189. The lowest BCUT2D eigenvalue weighted by molar-refractivity contribution is -0.180. The number of carbonyl (C=O) groups excluding carboxylic acids is 1. The molecule has 1 aliphatic heterocycles. The number of thiophene rings is 1. The highest BCUT2D eigenvalue weighted by Crippen LogP contribution is 2.34. The van der Waals surface area contributed by atoms with Gasteiger partial charge in [-0.25, -0.2) is 0 Å². The summed E-state index contributed by atoms with van der Waals surface area (Å²) in [4.78, 5) is 13.8. The first-order valence-electron chi connectivity index (χ1n) is 5.19. The Balaban J connectivity index is 2.06. The molecule has 1 aliphatic rings. The summed E-state index contributed by atoms with van der Waals surface area (Å²) < 4.78 is 11.1. The lowest BCUT2D eigenvalue weighted by atomic mass is 9.85. The van der Waals surface area contributed by atoms with E-state index in [4.69, 9.17) is 9.47 Å². The van der Waals surface area contributed by atoms with E-state index < -0.39 is 5.41 Å². The molecule has 0 unspecified atom stereocenters. The van der Waals surface area contributed by atoms with Gasteiger partial charge in [-0.15, -0.1) is 11.3 Å². The van der Waals surface area contributed by atoms with Crippen molar-refractivity contribution in [1.29, 1.82) is 0 Å². The van der Waals surface area contributed by atoms with Crippen molar-refractivity contribution in [3.8, 4) is 0 Å². The van der Waals surface area contributed by atoms with Crippen LogP contribution in [-0.4, -0.2) is 39.9 Å². The minimum Gasteiger partial charge on any atom is -0.468 e. The zero-order valence-corrected chi connectivity index (χ0v) is 12.1. The first kappa shape index (κ1) is 12.9. The molecule has 2 heterocycles. The van der Waals surface area contributed by atoms with Crippen molar-refractivity contribution in [2.45, 2.75) is 0 Å². The van der Waals surface area contributed by atoms with Crippen LogP contribution in [0, 0.1) is 5.41 Å². The molecule has 2 rings (SSSR count). The highest BCUT2D eigenvalue weighted by molar-refractivity contribution is 9.10. The molecule has 1 saturated heterocycles. The molecule has 1 aromatic heterocycles. The van der Waals surface area contributed by atoms with Gasteiger partial charge in [-0.1, -0.05) is 0 Å². The van der Waals surface area contributed by atoms with Crippen LogP contribution in [0.1, 0.15) is 0 Å². The van der Waals surface area contributed by atoms with E-state index in [2.05, 4.69) is 20.8 Å². The van der Waals surface area contributed by atoms with Gasteiger partial charge in [0.2, 0.25) is 0 Å². The Morgan fingerprint density at radius 2 is 2.41 bits per heavy atom. The Kier molecular flexibility index (Phi) is 3.75. The number of hydrogen-bond donors (Lipinski definition) is 0. The monoisotopic (exact) mass is 319 g/mol. The smallest absolute Gasteiger partial charge is 0.318 e. The van der Waals surface area contributed by atoms with Gasteiger partial charge in [0.25, 0.3) is 0 Å². The quantitative estimate of drug-likeness (QED) is 0.797. The average molecular weight is 320 g/mol. The van der Waals surface area contributed by atoms with E-state index in [9.17, 15) is 4.79 Å². The second-order valence-electron chi connectivity index (χ2n) is 4.22. The van der Waals surface area contributed by atoms with Crippen molar-refractivity contribution in [2.24, 2.45) is 5.41 Å². The highest BCUT2D eigenvalue weighted by atomic mass is 79.9. The van der Waals surface area contributed by atoms with Crippen LogP contribution in [0.5, 0.6) is 0 Å². The molecule has 1 fully saturated rings. The van der Waals surface area contributed by atoms with E-state index in [0.29, 0.717) is 19.8 Å². The van der Waals surface area contributed by atoms with E-state index in [0.717, 1.165) is 9.47 Å². The summed E-state index contributed by atoms with van der Waals surface area (Å²) >= 11 is 5.06. The largest absolute Gasteiger partial charge is 0.468 e. The number of esters is 1. The van der Waals surface area contributed by atoms with Crippen molar-refractivity contribution in [3.63, 3.8) is 0 Å². The molecule has 0 aliphatic carbocycles. The van der Waals surface area contributed by atoms with Crippen molar-refractivity contribution < 1.29 is 14.3 Å². The van der Waals surface area contributed by atoms with Gasteiger partial charge in [0.05, 0.1) is 25.3 Å². The summed E-state index contributed by atoms with van der Waals surface area (Å²) in [5.41, 5.74) is -0.500. The molecule has 0 saturated carbocycles. The Hall–Kier alpha value is -0.590. The van der Waals surface area contributed by atoms with E-state index >= 15 is 0 Å². The SMILES string of the molecule is COC(=O)C1(CN(C)c2cc(Br)cs2)COC1. The zero-order chi connectivity index (χ0) is 12.5. The lowest BCUT2D eigenvalue weighted by Crippen LogP contribution is -2.55. The molecule has 0 N–H and O–H groups in total. The third-order valence-electron chi connectivity index (χ3n) is 2.84. The summed E-state index contributed by atoms with van der Waals surface area (Å²) in [7, 11) is 3.39. The van der Waals surface area contributed by atoms with Gasteiger partial charge in [-0.2, -0.15) is 0 Å². The predicted molar refractivity (Wildman–Crippen MR) is 70.6 cm³/mol. The predicted octanol–water partition coefficient (Wildman–Crippen LogP) is 2.14. The Bertz CT molecular complexity index is 417. The second-order valence-corrected chi connectivity index (χ2v) is 6.03. The molecular formula is C11H14BrNO3S. The minimum absolute atomic E-state index is 0.189. The number of nitrogens with zero attached hydrogens (tertiary/aromatic N) is 1. The molecule has 0 bridgehead atoms. The maximum Gasteiger partial charge on any atom is 0.318 e. The highest BCUT2D eigenvalue weighted by Gasteiger charge is 2.48. The van der Waals surface area contributed by atoms with Gasteiger partial charge in [-0.3, -0.25) is 4.79 Å². The Morgan fingerprint density at radius 3 is 2.82 bits per heavy atom. The standard InChI is InChI=1S/C11H14BrNO3S/c1-13(9-3-8(12)4-17-9)5-11(6-16-7-11)10(14)15-2/h3-4H,5-7H2,1-2H3. The van der Waals surface area contributed by atoms with Gasteiger partial charge < -0.3 is 14.4 Å². The molecule has 0 aromatic carbocycles. The molecule has 0 spiro atoms. The van der Waals surface area contributed by atoms with Crippen LogP contribution in [0.2, 0.25) is 0 Å². The number of methoxy groups -OCH3 is 1. The van der Waals surface area contributed by atoms with E-state index in [1.807, 2.05) is 18.5 Å². The topological polar surface area (TPSA) is 38.8 Å². The lowest BCUT2D eigenvalue weighted by Gasteiger charge is -2.41. The summed E-state index contributed by atoms with van der Waals surface area (Å²) in [6, 6.07) is 2.04. The number of ether oxygens (including phenoxy) is 2. The maximum atomic E-state index is 11.8. The van der Waals surface area contributed by atoms with Crippen molar-refractivity contribution in [3.05, 3.63) is 15.9 Å². The number of carbonyl (C=O) groups is 1. The van der Waals surface area contributed by atoms with Crippen molar-refractivity contribution >= 4 is 38.2 Å². The first-order chi connectivity index (χ1) is 8.07. The molecular weight excluding hydrogens is 306 g/mol. The maximum absolute atomic E-state index is 11.8. The second kappa shape index (κ2) is 4.96. The van der Waals surface area contributed by atoms with Crippen LogP contribution < -0.4 is 4.90 Å². The van der Waals surface area contributed by atoms with Crippen LogP contribution in [0.25, 0.3) is 0 Å². The molecule has 4 nitrogen and oxygen atoms in total. The molecule has 0 radical (unpaired) electrons. The fraction of sp³-hybridized carbons (Fsp3) is 0.545. The Labute approximate surface area is 113 Å². The number of anilines is 1. The molecule has 0 atom stereocenters. The average Bonchev–Trinajstić information content (AvgIpc) is 2.69. The normalized spacial score (nSPS) is 17.4. The molecule has 6 heteroatoms. The molecule has 1 aromatic rings. The summed E-state index contributed by atoms with van der Waals surface area (Å²) in [5, 5.41) is 3.14. The molecule has 0 amide bonds. The number of rotatable bonds is 4. The van der Waals surface area contributed by atoms with Crippen LogP contribution in [0.3, 0.4) is 0 Å². The summed E-state index contributed by atoms with van der Waals surface area (Å²) in [6.45, 7) is 1.50. The van der Waals surface area contributed by atoms with Gasteiger partial charge in [0, 0.05) is 23.4 Å². The van der Waals surface area contributed by atoms with Gasteiger partial charge in [0.1, 0.15) is 5.41 Å². The van der Waals surface area contributed by atoms with Crippen LogP contribution in [0.4, 0.5) is 5.00 Å². The van der Waals surface area contributed by atoms with Crippen LogP contribution in [-0.2, 0) is 14.3 Å². The molecule has 94 valence electrons. The van der Waals surface area contributed by atoms with Crippen molar-refractivity contribution in [2.75, 3.05) is 38.8 Å². The van der Waals surface area contributed by atoms with Gasteiger partial charge in [0.15, 0.2) is 0 Å². The van der Waals surface area contributed by atoms with Crippen LogP contribution in [0.15, 0.2) is 15.9 Å². The fourth-order valence-corrected chi connectivity index (χ4v) is 3.26. The summed E-state index contributed by atoms with van der Waals surface area (Å²) in [6.07, 6.45) is 0. The number of halogens is 1. The van der Waals surface area contributed by atoms with E-state index in [-0.39, 0.29) is 5.97 Å². The minimum atomic E-state index is -0.500. The molecule has 17 heavy (non-hydrogen) atoms. The Morgan fingerprint density at radius 1 is 1.71 bits per heavy atom. The number of hydrogen-bond acceptors (Lipinski definition) is 5. The first-order valence-corrected chi connectivity index (χ1v) is 6.86. The van der Waals surface area contributed by atoms with Crippen LogP contribution >= 0.6 is 27.3 Å². The third-order valence-corrected chi connectivity index (χ3v) is 4.65. The van der Waals surface area contributed by atoms with Gasteiger partial charge in [-0.05, 0) is 22.0 Å². The van der Waals surface area contributed by atoms with Gasteiger partial charge >= 0.3 is 5.97 Å². The third kappa shape index (κ3) is 2.48. The fourth-order valence-electron chi connectivity index (χ4n) is 1.87. The zero-order valence-electron chi connectivity index (χ0n) is 9.73. The van der Waals surface area contributed by atoms with E-state index in [1.165, 1.54) is 7.11 Å². The van der Waals surface area contributed by atoms with Crippen molar-refractivity contribution in [1.82, 2.24) is 0 Å². The van der Waals surface area contributed by atoms with E-state index in [1.54, 1.807) is 11.3 Å².